The number of anilines is 1. The van der Waals surface area contributed by atoms with E-state index in [2.05, 4.69) is 4.98 Å². The molecule has 1 aliphatic rings. The van der Waals surface area contributed by atoms with Gasteiger partial charge in [-0.05, 0) is 48.9 Å². The highest BCUT2D eigenvalue weighted by Gasteiger charge is 2.33. The molecule has 2 heterocycles. The van der Waals surface area contributed by atoms with Gasteiger partial charge >= 0.3 is 5.97 Å². The van der Waals surface area contributed by atoms with Crippen molar-refractivity contribution in [3.63, 3.8) is 0 Å². The molecular weight excluding hydrogens is 356 g/mol. The van der Waals surface area contributed by atoms with E-state index in [1.165, 1.54) is 16.7 Å². The number of carbonyl (C=O) groups is 2. The van der Waals surface area contributed by atoms with E-state index in [9.17, 15) is 9.59 Å². The van der Waals surface area contributed by atoms with Crippen LogP contribution < -0.4 is 4.90 Å². The minimum atomic E-state index is -0.429. The van der Waals surface area contributed by atoms with Gasteiger partial charge in [0.25, 0.3) is 5.91 Å². The second-order valence-corrected chi connectivity index (χ2v) is 6.74. The number of carbonyl (C=O) groups excluding carboxylic acids is 2. The number of esters is 1. The first-order valence-electron chi connectivity index (χ1n) is 7.55. The van der Waals surface area contributed by atoms with Crippen LogP contribution in [0.3, 0.4) is 0 Å². The lowest BCUT2D eigenvalue weighted by molar-refractivity contribution is -0.113. The van der Waals surface area contributed by atoms with E-state index in [0.29, 0.717) is 27.1 Å². The molecule has 1 saturated heterocycles. The highest BCUT2D eigenvalue weighted by molar-refractivity contribution is 8.27. The number of nitrogens with zero attached hydrogens (tertiary/aromatic N) is 2. The van der Waals surface area contributed by atoms with E-state index in [-0.39, 0.29) is 5.91 Å². The van der Waals surface area contributed by atoms with Crippen molar-refractivity contribution < 1.29 is 14.3 Å². The maximum Gasteiger partial charge on any atom is 0.338 e. The molecule has 0 N–H and O–H groups in total. The van der Waals surface area contributed by atoms with Crippen molar-refractivity contribution in [1.82, 2.24) is 4.98 Å². The number of rotatable bonds is 4. The van der Waals surface area contributed by atoms with Gasteiger partial charge in [-0.15, -0.1) is 0 Å². The SMILES string of the molecule is CCOC(=O)c1cccc(N2C(=O)/C(=C/c3ccncc3)SC2=S)c1. The number of amides is 1. The van der Waals surface area contributed by atoms with Crippen LogP contribution in [0.5, 0.6) is 0 Å². The van der Waals surface area contributed by atoms with Gasteiger partial charge in [0, 0.05) is 12.4 Å². The Morgan fingerprint density at radius 1 is 1.32 bits per heavy atom. The number of benzene rings is 1. The molecule has 0 atom stereocenters. The summed E-state index contributed by atoms with van der Waals surface area (Å²) in [5.74, 6) is -0.644. The molecule has 2 aromatic rings. The summed E-state index contributed by atoms with van der Waals surface area (Å²) in [4.78, 5) is 30.6. The van der Waals surface area contributed by atoms with Crippen LogP contribution >= 0.6 is 24.0 Å². The quantitative estimate of drug-likeness (QED) is 0.465. The standard InChI is InChI=1S/C18H14N2O3S2/c1-2-23-17(22)13-4-3-5-14(11-13)20-16(21)15(25-18(20)24)10-12-6-8-19-9-7-12/h3-11H,2H2,1H3/b15-10-. The van der Waals surface area contributed by atoms with Crippen molar-refractivity contribution >= 4 is 51.9 Å². The zero-order valence-corrected chi connectivity index (χ0v) is 15.0. The summed E-state index contributed by atoms with van der Waals surface area (Å²) in [6.07, 6.45) is 5.10. The first-order chi connectivity index (χ1) is 12.1. The first-order valence-corrected chi connectivity index (χ1v) is 8.78. The van der Waals surface area contributed by atoms with Crippen molar-refractivity contribution in [2.45, 2.75) is 6.92 Å². The molecule has 7 heteroatoms. The molecule has 0 unspecified atom stereocenters. The average Bonchev–Trinajstić information content (AvgIpc) is 2.90. The molecule has 1 aliphatic heterocycles. The van der Waals surface area contributed by atoms with E-state index < -0.39 is 5.97 Å². The van der Waals surface area contributed by atoms with Crippen LogP contribution in [-0.4, -0.2) is 27.8 Å². The van der Waals surface area contributed by atoms with Gasteiger partial charge in [-0.1, -0.05) is 30.0 Å². The van der Waals surface area contributed by atoms with Crippen LogP contribution in [0.1, 0.15) is 22.8 Å². The van der Waals surface area contributed by atoms with Crippen molar-refractivity contribution in [2.24, 2.45) is 0 Å². The van der Waals surface area contributed by atoms with Gasteiger partial charge in [-0.25, -0.2) is 4.79 Å². The highest BCUT2D eigenvalue weighted by Crippen LogP contribution is 2.36. The number of hydrogen-bond donors (Lipinski definition) is 0. The van der Waals surface area contributed by atoms with Crippen LogP contribution in [0.4, 0.5) is 5.69 Å². The molecule has 126 valence electrons. The average molecular weight is 370 g/mol. The minimum absolute atomic E-state index is 0.215. The van der Waals surface area contributed by atoms with E-state index in [4.69, 9.17) is 17.0 Å². The topological polar surface area (TPSA) is 59.5 Å². The molecule has 25 heavy (non-hydrogen) atoms. The van der Waals surface area contributed by atoms with Gasteiger partial charge in [0.2, 0.25) is 0 Å². The molecule has 1 fully saturated rings. The zero-order valence-electron chi connectivity index (χ0n) is 13.3. The summed E-state index contributed by atoms with van der Waals surface area (Å²) in [5.41, 5.74) is 1.80. The number of thiocarbonyl (C=S) groups is 1. The number of pyridine rings is 1. The number of ether oxygens (including phenoxy) is 1. The predicted octanol–water partition coefficient (Wildman–Crippen LogP) is 3.66. The smallest absolute Gasteiger partial charge is 0.338 e. The summed E-state index contributed by atoms with van der Waals surface area (Å²) in [7, 11) is 0. The molecule has 5 nitrogen and oxygen atoms in total. The molecule has 0 aliphatic carbocycles. The van der Waals surface area contributed by atoms with E-state index >= 15 is 0 Å². The van der Waals surface area contributed by atoms with Crippen LogP contribution in [0.15, 0.2) is 53.7 Å². The normalized spacial score (nSPS) is 15.7. The summed E-state index contributed by atoms with van der Waals surface area (Å²) < 4.78 is 5.42. The summed E-state index contributed by atoms with van der Waals surface area (Å²) in [6, 6.07) is 10.3. The van der Waals surface area contributed by atoms with E-state index in [0.717, 1.165) is 5.56 Å². The van der Waals surface area contributed by atoms with E-state index in [1.807, 2.05) is 12.1 Å². The fourth-order valence-electron chi connectivity index (χ4n) is 2.29. The highest BCUT2D eigenvalue weighted by atomic mass is 32.2. The first kappa shape index (κ1) is 17.3. The van der Waals surface area contributed by atoms with Crippen LogP contribution in [0, 0.1) is 0 Å². The van der Waals surface area contributed by atoms with Gasteiger partial charge < -0.3 is 4.74 Å². The van der Waals surface area contributed by atoms with Gasteiger partial charge in [0.1, 0.15) is 0 Å². The Kier molecular flexibility index (Phi) is 5.25. The van der Waals surface area contributed by atoms with Crippen LogP contribution in [-0.2, 0) is 9.53 Å². The third-order valence-electron chi connectivity index (χ3n) is 3.41. The van der Waals surface area contributed by atoms with E-state index in [1.54, 1.807) is 49.7 Å². The molecule has 0 radical (unpaired) electrons. The Morgan fingerprint density at radius 3 is 2.80 bits per heavy atom. The molecule has 1 aromatic heterocycles. The largest absolute Gasteiger partial charge is 0.462 e. The molecule has 0 spiro atoms. The number of aromatic nitrogens is 1. The second-order valence-electron chi connectivity index (χ2n) is 5.07. The fraction of sp³-hybridized carbons (Fsp3) is 0.111. The second kappa shape index (κ2) is 7.58. The van der Waals surface area contributed by atoms with Crippen molar-refractivity contribution in [3.8, 4) is 0 Å². The lowest BCUT2D eigenvalue weighted by Gasteiger charge is -2.15. The Bertz CT molecular complexity index is 866. The van der Waals surface area contributed by atoms with Crippen LogP contribution in [0.2, 0.25) is 0 Å². The summed E-state index contributed by atoms with van der Waals surface area (Å²) in [5, 5.41) is 0. The van der Waals surface area contributed by atoms with Gasteiger partial charge in [-0.3, -0.25) is 14.7 Å². The van der Waals surface area contributed by atoms with Gasteiger partial charge in [0.15, 0.2) is 4.32 Å². The monoisotopic (exact) mass is 370 g/mol. The number of hydrogen-bond acceptors (Lipinski definition) is 6. The lowest BCUT2D eigenvalue weighted by Crippen LogP contribution is -2.27. The molecule has 1 amide bonds. The van der Waals surface area contributed by atoms with Gasteiger partial charge in [0.05, 0.1) is 22.8 Å². The minimum Gasteiger partial charge on any atom is -0.462 e. The summed E-state index contributed by atoms with van der Waals surface area (Å²) >= 11 is 6.58. The Morgan fingerprint density at radius 2 is 2.08 bits per heavy atom. The Labute approximate surface area is 154 Å². The van der Waals surface area contributed by atoms with Crippen LogP contribution in [0.25, 0.3) is 6.08 Å². The molecule has 3 rings (SSSR count). The zero-order chi connectivity index (χ0) is 17.8. The third-order valence-corrected chi connectivity index (χ3v) is 4.72. The molecule has 0 saturated carbocycles. The maximum absolute atomic E-state index is 12.7. The Hall–Kier alpha value is -2.51. The lowest BCUT2D eigenvalue weighted by atomic mass is 10.2. The Balaban J connectivity index is 1.90. The summed E-state index contributed by atoms with van der Waals surface area (Å²) in [6.45, 7) is 2.03. The van der Waals surface area contributed by atoms with Crippen molar-refractivity contribution in [1.29, 1.82) is 0 Å². The molecule has 1 aromatic carbocycles. The maximum atomic E-state index is 12.7. The number of thioether (sulfide) groups is 1. The molecule has 0 bridgehead atoms. The fourth-order valence-corrected chi connectivity index (χ4v) is 3.59. The molecular formula is C18H14N2O3S2. The third kappa shape index (κ3) is 3.78. The van der Waals surface area contributed by atoms with Crippen molar-refractivity contribution in [3.05, 3.63) is 64.8 Å². The predicted molar refractivity (Wildman–Crippen MR) is 102 cm³/mol. The van der Waals surface area contributed by atoms with Crippen molar-refractivity contribution in [2.75, 3.05) is 11.5 Å². The van der Waals surface area contributed by atoms with Gasteiger partial charge in [-0.2, -0.15) is 0 Å².